The van der Waals surface area contributed by atoms with Gasteiger partial charge in [-0.05, 0) is 31.4 Å². The van der Waals surface area contributed by atoms with Gasteiger partial charge in [-0.15, -0.1) is 5.10 Å². The van der Waals surface area contributed by atoms with Crippen LogP contribution in [-0.2, 0) is 0 Å². The number of likely N-dealkylation sites (N-methyl/N-ethyl adjacent to an activating group) is 1. The molecule has 1 aliphatic carbocycles. The molecular weight excluding hydrogens is 200 g/mol. The van der Waals surface area contributed by atoms with Gasteiger partial charge in [0.15, 0.2) is 5.82 Å². The number of aromatic nitrogens is 2. The number of nitrogens with two attached hydrogens (primary N) is 1. The molecular formula is C12H20N4. The molecule has 0 aromatic carbocycles. The molecule has 1 aromatic rings. The summed E-state index contributed by atoms with van der Waals surface area (Å²) in [5.41, 5.74) is 7.31. The summed E-state index contributed by atoms with van der Waals surface area (Å²) in [4.78, 5) is 2.18. The molecule has 4 heteroatoms. The second kappa shape index (κ2) is 4.78. The fourth-order valence-electron chi connectivity index (χ4n) is 2.41. The molecule has 2 rings (SSSR count). The van der Waals surface area contributed by atoms with Crippen molar-refractivity contribution in [3.05, 3.63) is 17.8 Å². The van der Waals surface area contributed by atoms with E-state index in [4.69, 9.17) is 5.73 Å². The maximum atomic E-state index is 6.17. The van der Waals surface area contributed by atoms with E-state index in [0.29, 0.717) is 6.04 Å². The Morgan fingerprint density at radius 1 is 1.38 bits per heavy atom. The monoisotopic (exact) mass is 220 g/mol. The Morgan fingerprint density at radius 3 is 2.81 bits per heavy atom. The van der Waals surface area contributed by atoms with Crippen LogP contribution in [0.3, 0.4) is 0 Å². The molecule has 0 bridgehead atoms. The lowest BCUT2D eigenvalue weighted by atomic mass is 9.90. The first-order valence-corrected chi connectivity index (χ1v) is 5.96. The average molecular weight is 220 g/mol. The van der Waals surface area contributed by atoms with E-state index in [9.17, 15) is 0 Å². The van der Waals surface area contributed by atoms with E-state index in [2.05, 4.69) is 28.2 Å². The Hall–Kier alpha value is -1.16. The Morgan fingerprint density at radius 2 is 2.12 bits per heavy atom. The molecule has 0 aliphatic heterocycles. The quantitative estimate of drug-likeness (QED) is 0.820. The lowest BCUT2D eigenvalue weighted by molar-refractivity contribution is 0.372. The van der Waals surface area contributed by atoms with Crippen LogP contribution in [0.5, 0.6) is 0 Å². The van der Waals surface area contributed by atoms with Gasteiger partial charge in [0.2, 0.25) is 0 Å². The summed E-state index contributed by atoms with van der Waals surface area (Å²) in [6, 6.07) is 2.74. The number of rotatable bonds is 2. The van der Waals surface area contributed by atoms with E-state index in [1.165, 1.54) is 12.8 Å². The van der Waals surface area contributed by atoms with E-state index >= 15 is 0 Å². The van der Waals surface area contributed by atoms with Crippen molar-refractivity contribution >= 4 is 5.82 Å². The summed E-state index contributed by atoms with van der Waals surface area (Å²) < 4.78 is 0. The highest BCUT2D eigenvalue weighted by atomic mass is 15.3. The third-order valence-corrected chi connectivity index (χ3v) is 3.42. The van der Waals surface area contributed by atoms with Gasteiger partial charge in [-0.2, -0.15) is 5.10 Å². The van der Waals surface area contributed by atoms with Gasteiger partial charge in [0.1, 0.15) is 0 Å². The first-order valence-electron chi connectivity index (χ1n) is 5.96. The molecule has 1 aromatic heterocycles. The largest absolute Gasteiger partial charge is 0.354 e. The topological polar surface area (TPSA) is 55.0 Å². The van der Waals surface area contributed by atoms with Gasteiger partial charge >= 0.3 is 0 Å². The summed E-state index contributed by atoms with van der Waals surface area (Å²) >= 11 is 0. The van der Waals surface area contributed by atoms with Gasteiger partial charge in [-0.3, -0.25) is 0 Å². The molecule has 0 radical (unpaired) electrons. The minimum Gasteiger partial charge on any atom is -0.354 e. The highest BCUT2D eigenvalue weighted by molar-refractivity contribution is 5.40. The molecule has 16 heavy (non-hydrogen) atoms. The predicted octanol–water partition coefficient (Wildman–Crippen LogP) is 1.49. The van der Waals surface area contributed by atoms with Crippen molar-refractivity contribution in [3.63, 3.8) is 0 Å². The first-order chi connectivity index (χ1) is 7.68. The van der Waals surface area contributed by atoms with Crippen LogP contribution in [0.15, 0.2) is 12.3 Å². The zero-order valence-corrected chi connectivity index (χ0v) is 10.1. The van der Waals surface area contributed by atoms with E-state index in [1.54, 1.807) is 6.20 Å². The molecule has 1 saturated carbocycles. The Bertz CT molecular complexity index is 353. The Kier molecular flexibility index (Phi) is 3.39. The SMILES string of the molecule is Cc1cnnc(N(C)C2CCCCC2N)c1. The summed E-state index contributed by atoms with van der Waals surface area (Å²) in [7, 11) is 2.07. The highest BCUT2D eigenvalue weighted by Gasteiger charge is 2.26. The second-order valence-electron chi connectivity index (χ2n) is 4.72. The maximum Gasteiger partial charge on any atom is 0.151 e. The minimum absolute atomic E-state index is 0.265. The molecule has 0 spiro atoms. The summed E-state index contributed by atoms with van der Waals surface area (Å²) in [5.74, 6) is 0.933. The van der Waals surface area contributed by atoms with Crippen LogP contribution in [0.25, 0.3) is 0 Å². The molecule has 2 N–H and O–H groups in total. The summed E-state index contributed by atoms with van der Waals surface area (Å²) in [5, 5.41) is 8.16. The van der Waals surface area contributed by atoms with Crippen LogP contribution in [0, 0.1) is 6.92 Å². The van der Waals surface area contributed by atoms with E-state index in [-0.39, 0.29) is 6.04 Å². The third kappa shape index (κ3) is 2.32. The number of hydrogen-bond donors (Lipinski definition) is 1. The van der Waals surface area contributed by atoms with Crippen molar-refractivity contribution in [2.45, 2.75) is 44.7 Å². The zero-order valence-electron chi connectivity index (χ0n) is 10.1. The Balaban J connectivity index is 2.14. The fraction of sp³-hybridized carbons (Fsp3) is 0.667. The third-order valence-electron chi connectivity index (χ3n) is 3.42. The maximum absolute atomic E-state index is 6.17. The minimum atomic E-state index is 0.265. The highest BCUT2D eigenvalue weighted by Crippen LogP contribution is 2.24. The van der Waals surface area contributed by atoms with Crippen molar-refractivity contribution in [3.8, 4) is 0 Å². The molecule has 0 saturated heterocycles. The molecule has 1 fully saturated rings. The van der Waals surface area contributed by atoms with Gasteiger partial charge in [-0.1, -0.05) is 12.8 Å². The van der Waals surface area contributed by atoms with Crippen molar-refractivity contribution in [2.24, 2.45) is 5.73 Å². The molecule has 1 heterocycles. The number of anilines is 1. The van der Waals surface area contributed by atoms with Crippen molar-refractivity contribution in [2.75, 3.05) is 11.9 Å². The predicted molar refractivity (Wildman–Crippen MR) is 65.4 cm³/mol. The van der Waals surface area contributed by atoms with Crippen molar-refractivity contribution in [1.29, 1.82) is 0 Å². The standard InChI is InChI=1S/C12H20N4/c1-9-7-12(15-14-8-9)16(2)11-6-4-3-5-10(11)13/h7-8,10-11H,3-6,13H2,1-2H3. The molecule has 2 atom stereocenters. The molecule has 0 amide bonds. The number of aryl methyl sites for hydroxylation is 1. The van der Waals surface area contributed by atoms with Gasteiger partial charge in [0.05, 0.1) is 6.20 Å². The fourth-order valence-corrected chi connectivity index (χ4v) is 2.41. The van der Waals surface area contributed by atoms with E-state index in [1.807, 2.05) is 6.92 Å². The molecule has 4 nitrogen and oxygen atoms in total. The first kappa shape index (κ1) is 11.3. The van der Waals surface area contributed by atoms with Crippen LogP contribution >= 0.6 is 0 Å². The van der Waals surface area contributed by atoms with Crippen LogP contribution in [0.1, 0.15) is 31.2 Å². The van der Waals surface area contributed by atoms with Crippen molar-refractivity contribution < 1.29 is 0 Å². The zero-order chi connectivity index (χ0) is 11.5. The molecule has 1 aliphatic rings. The smallest absolute Gasteiger partial charge is 0.151 e. The normalized spacial score (nSPS) is 25.4. The Labute approximate surface area is 96.9 Å². The second-order valence-corrected chi connectivity index (χ2v) is 4.72. The lowest BCUT2D eigenvalue weighted by Gasteiger charge is -2.36. The number of hydrogen-bond acceptors (Lipinski definition) is 4. The van der Waals surface area contributed by atoms with Crippen LogP contribution in [0.2, 0.25) is 0 Å². The van der Waals surface area contributed by atoms with Crippen LogP contribution in [0.4, 0.5) is 5.82 Å². The average Bonchev–Trinajstić information content (AvgIpc) is 2.29. The van der Waals surface area contributed by atoms with Gasteiger partial charge < -0.3 is 10.6 Å². The van der Waals surface area contributed by atoms with E-state index in [0.717, 1.165) is 24.2 Å². The summed E-state index contributed by atoms with van der Waals surface area (Å²) in [6.45, 7) is 2.03. The lowest BCUT2D eigenvalue weighted by Crippen LogP contribution is -2.48. The number of nitrogens with zero attached hydrogens (tertiary/aromatic N) is 3. The van der Waals surface area contributed by atoms with Gasteiger partial charge in [0.25, 0.3) is 0 Å². The van der Waals surface area contributed by atoms with Crippen molar-refractivity contribution in [1.82, 2.24) is 10.2 Å². The molecule has 88 valence electrons. The van der Waals surface area contributed by atoms with E-state index < -0.39 is 0 Å². The van der Waals surface area contributed by atoms with Gasteiger partial charge in [0, 0.05) is 19.1 Å². The molecule has 2 unspecified atom stereocenters. The summed E-state index contributed by atoms with van der Waals surface area (Å²) in [6.07, 6.45) is 6.58. The van der Waals surface area contributed by atoms with Crippen LogP contribution < -0.4 is 10.6 Å². The van der Waals surface area contributed by atoms with Crippen LogP contribution in [-0.4, -0.2) is 29.3 Å². The van der Waals surface area contributed by atoms with Gasteiger partial charge in [-0.25, -0.2) is 0 Å².